The van der Waals surface area contributed by atoms with E-state index in [4.69, 9.17) is 11.6 Å². The van der Waals surface area contributed by atoms with E-state index in [1.54, 1.807) is 0 Å². The Bertz CT molecular complexity index is 1230. The maximum absolute atomic E-state index is 15.1. The van der Waals surface area contributed by atoms with E-state index in [0.29, 0.717) is 16.1 Å². The molecule has 3 rings (SSSR count). The van der Waals surface area contributed by atoms with Gasteiger partial charge in [0, 0.05) is 30.4 Å². The smallest absolute Gasteiger partial charge is 0.302 e. The molecule has 0 radical (unpaired) electrons. The number of benzene rings is 1. The zero-order valence-corrected chi connectivity index (χ0v) is 18.0. The van der Waals surface area contributed by atoms with Crippen molar-refractivity contribution in [1.82, 2.24) is 14.3 Å². The molecule has 2 heterocycles. The number of H-pyrrole nitrogens is 1. The predicted octanol–water partition coefficient (Wildman–Crippen LogP) is 2.95. The topological polar surface area (TPSA) is 115 Å². The number of hydrogen-bond donors (Lipinski definition) is 3. The van der Waals surface area contributed by atoms with Crippen LogP contribution in [0.25, 0.3) is 11.0 Å². The predicted molar refractivity (Wildman–Crippen MR) is 112 cm³/mol. The van der Waals surface area contributed by atoms with Gasteiger partial charge >= 0.3 is 10.2 Å². The molecule has 8 nitrogen and oxygen atoms in total. The van der Waals surface area contributed by atoms with Crippen molar-refractivity contribution in [2.45, 2.75) is 19.4 Å². The van der Waals surface area contributed by atoms with Gasteiger partial charge in [0.1, 0.15) is 5.65 Å². The first-order chi connectivity index (χ1) is 14.0. The highest BCUT2D eigenvalue weighted by atomic mass is 35.5. The highest BCUT2D eigenvalue weighted by Gasteiger charge is 2.33. The summed E-state index contributed by atoms with van der Waals surface area (Å²) in [5.41, 5.74) is -1.27. The van der Waals surface area contributed by atoms with E-state index < -0.39 is 39.6 Å². The van der Waals surface area contributed by atoms with Crippen LogP contribution in [0.15, 0.2) is 36.7 Å². The number of hydrogen-bond acceptors (Lipinski definition) is 5. The third-order valence-electron chi connectivity index (χ3n) is 4.82. The minimum absolute atomic E-state index is 0.150. The van der Waals surface area contributed by atoms with Gasteiger partial charge in [-0.1, -0.05) is 17.7 Å². The number of ketones is 1. The minimum atomic E-state index is -4.20. The molecule has 0 aliphatic carbocycles. The van der Waals surface area contributed by atoms with Gasteiger partial charge in [-0.05, 0) is 32.0 Å². The number of pyridine rings is 1. The van der Waals surface area contributed by atoms with E-state index in [1.165, 1.54) is 57.6 Å². The molecule has 30 heavy (non-hydrogen) atoms. The number of aromatic amines is 1. The van der Waals surface area contributed by atoms with Gasteiger partial charge in [0.2, 0.25) is 0 Å². The van der Waals surface area contributed by atoms with Crippen molar-refractivity contribution in [3.63, 3.8) is 0 Å². The number of fused-ring (bicyclic) bond motifs is 1. The molecule has 2 aromatic heterocycles. The molecule has 3 aromatic rings. The monoisotopic (exact) mass is 454 g/mol. The van der Waals surface area contributed by atoms with Crippen molar-refractivity contribution >= 4 is 44.3 Å². The van der Waals surface area contributed by atoms with E-state index in [9.17, 15) is 18.3 Å². The van der Waals surface area contributed by atoms with Gasteiger partial charge in [-0.2, -0.15) is 12.7 Å². The molecule has 0 aliphatic heterocycles. The highest BCUT2D eigenvalue weighted by molar-refractivity contribution is 7.90. The van der Waals surface area contributed by atoms with Crippen LogP contribution in [0, 0.1) is 5.82 Å². The molecule has 0 aliphatic rings. The van der Waals surface area contributed by atoms with Crippen LogP contribution in [-0.4, -0.2) is 52.8 Å². The van der Waals surface area contributed by atoms with Crippen LogP contribution in [0.1, 0.15) is 29.8 Å². The van der Waals surface area contributed by atoms with Gasteiger partial charge in [-0.25, -0.2) is 9.37 Å². The van der Waals surface area contributed by atoms with Crippen molar-refractivity contribution in [2.24, 2.45) is 0 Å². The van der Waals surface area contributed by atoms with E-state index >= 15 is 4.39 Å². The number of anilines is 1. The van der Waals surface area contributed by atoms with Crippen LogP contribution in [-0.2, 0) is 10.2 Å². The number of likely N-dealkylation sites (N-methyl/N-ethyl adjacent to an activating group) is 1. The zero-order valence-electron chi connectivity index (χ0n) is 16.4. The Morgan fingerprint density at radius 2 is 2.07 bits per heavy atom. The molecule has 1 aromatic carbocycles. The minimum Gasteiger partial charge on any atom is -0.394 e. The van der Waals surface area contributed by atoms with Crippen molar-refractivity contribution in [1.29, 1.82) is 0 Å². The Morgan fingerprint density at radius 3 is 2.73 bits per heavy atom. The largest absolute Gasteiger partial charge is 0.394 e. The van der Waals surface area contributed by atoms with Crippen LogP contribution in [0.2, 0.25) is 5.02 Å². The first-order valence-electron chi connectivity index (χ1n) is 8.81. The number of halogens is 2. The fraction of sp³-hybridized carbons (Fsp3) is 0.263. The molecule has 0 bridgehead atoms. The molecule has 0 saturated carbocycles. The number of aromatic nitrogens is 2. The molecular formula is C19H20ClFN4O4S. The van der Waals surface area contributed by atoms with Crippen LogP contribution in [0.5, 0.6) is 0 Å². The van der Waals surface area contributed by atoms with Crippen molar-refractivity contribution in [3.8, 4) is 0 Å². The van der Waals surface area contributed by atoms with Gasteiger partial charge in [-0.15, -0.1) is 0 Å². The number of aliphatic hydroxyl groups is 1. The SMILES string of the molecule is CN(C(C)(C)CO)S(=O)(=O)Nc1cccc(C(=O)c2c[nH]c3ncc(Cl)cc23)c1F. The second-order valence-corrected chi connectivity index (χ2v) is 9.43. The number of rotatable bonds is 7. The average Bonchev–Trinajstić information content (AvgIpc) is 3.11. The Kier molecular flexibility index (Phi) is 5.87. The quantitative estimate of drug-likeness (QED) is 0.475. The molecule has 0 spiro atoms. The fourth-order valence-electron chi connectivity index (χ4n) is 2.73. The number of aliphatic hydroxyl groups excluding tert-OH is 1. The molecule has 11 heteroatoms. The third-order valence-corrected chi connectivity index (χ3v) is 6.72. The maximum atomic E-state index is 15.1. The molecule has 0 fully saturated rings. The van der Waals surface area contributed by atoms with E-state index in [0.717, 1.165) is 4.31 Å². The van der Waals surface area contributed by atoms with Crippen molar-refractivity contribution < 1.29 is 22.7 Å². The Labute approximate surface area is 177 Å². The summed E-state index contributed by atoms with van der Waals surface area (Å²) < 4.78 is 43.3. The number of carbonyl (C=O) groups is 1. The lowest BCUT2D eigenvalue weighted by Gasteiger charge is -2.32. The molecular weight excluding hydrogens is 435 g/mol. The molecule has 0 saturated heterocycles. The fourth-order valence-corrected chi connectivity index (χ4v) is 4.17. The lowest BCUT2D eigenvalue weighted by Crippen LogP contribution is -2.49. The summed E-state index contributed by atoms with van der Waals surface area (Å²) >= 11 is 5.94. The van der Waals surface area contributed by atoms with Crippen LogP contribution in [0.3, 0.4) is 0 Å². The van der Waals surface area contributed by atoms with Gasteiger partial charge in [0.25, 0.3) is 0 Å². The van der Waals surface area contributed by atoms with Crippen LogP contribution >= 0.6 is 11.6 Å². The summed E-state index contributed by atoms with van der Waals surface area (Å²) in [4.78, 5) is 19.8. The van der Waals surface area contributed by atoms with Gasteiger partial charge in [-0.3, -0.25) is 9.52 Å². The van der Waals surface area contributed by atoms with Crippen LogP contribution < -0.4 is 4.72 Å². The van der Waals surface area contributed by atoms with Gasteiger partial charge in [0.05, 0.1) is 28.4 Å². The standard InChI is InChI=1S/C19H20ClFN4O4S/c1-19(2,10-26)25(3)30(28,29)24-15-6-4-5-12(16(15)21)17(27)14-9-23-18-13(14)7-11(20)8-22-18/h4-9,24,26H,10H2,1-3H3,(H,22,23). The Hall–Kier alpha value is -2.53. The first-order valence-corrected chi connectivity index (χ1v) is 10.6. The van der Waals surface area contributed by atoms with Crippen molar-refractivity contribution in [3.05, 3.63) is 58.6 Å². The Balaban J connectivity index is 1.99. The summed E-state index contributed by atoms with van der Waals surface area (Å²) in [5.74, 6) is -1.68. The maximum Gasteiger partial charge on any atom is 0.302 e. The second-order valence-electron chi connectivity index (χ2n) is 7.29. The number of nitrogens with zero attached hydrogens (tertiary/aromatic N) is 2. The zero-order chi connectivity index (χ0) is 22.3. The lowest BCUT2D eigenvalue weighted by atomic mass is 10.0. The average molecular weight is 455 g/mol. The summed E-state index contributed by atoms with van der Waals surface area (Å²) in [7, 11) is -2.95. The lowest BCUT2D eigenvalue weighted by molar-refractivity contribution is 0.103. The Morgan fingerprint density at radius 1 is 1.37 bits per heavy atom. The molecule has 0 unspecified atom stereocenters. The van der Waals surface area contributed by atoms with Gasteiger partial charge < -0.3 is 10.1 Å². The molecule has 0 atom stereocenters. The van der Waals surface area contributed by atoms with Crippen molar-refractivity contribution in [2.75, 3.05) is 18.4 Å². The summed E-state index contributed by atoms with van der Waals surface area (Å²) in [6.45, 7) is 2.58. The summed E-state index contributed by atoms with van der Waals surface area (Å²) in [5, 5.41) is 10.1. The second kappa shape index (κ2) is 7.95. The number of carbonyl (C=O) groups excluding carboxylic acids is 1. The van der Waals surface area contributed by atoms with E-state index in [-0.39, 0.29) is 11.1 Å². The van der Waals surface area contributed by atoms with Gasteiger partial charge in [0.15, 0.2) is 11.6 Å². The van der Waals surface area contributed by atoms with Crippen LogP contribution in [0.4, 0.5) is 10.1 Å². The number of nitrogens with one attached hydrogen (secondary N) is 2. The normalized spacial score (nSPS) is 12.5. The summed E-state index contributed by atoms with van der Waals surface area (Å²) in [6.07, 6.45) is 2.80. The molecule has 0 amide bonds. The van der Waals surface area contributed by atoms with E-state index in [2.05, 4.69) is 14.7 Å². The molecule has 3 N–H and O–H groups in total. The third kappa shape index (κ3) is 4.04. The molecule has 160 valence electrons. The first kappa shape index (κ1) is 22.2. The summed E-state index contributed by atoms with van der Waals surface area (Å²) in [6, 6.07) is 5.36. The van der Waals surface area contributed by atoms with E-state index in [1.807, 2.05) is 0 Å². The highest BCUT2D eigenvalue weighted by Crippen LogP contribution is 2.27.